The van der Waals surface area contributed by atoms with E-state index in [0.29, 0.717) is 31.6 Å². The summed E-state index contributed by atoms with van der Waals surface area (Å²) in [6.07, 6.45) is 7.50. The summed E-state index contributed by atoms with van der Waals surface area (Å²) in [6.45, 7) is 12.8. The van der Waals surface area contributed by atoms with Crippen LogP contribution >= 0.6 is 0 Å². The van der Waals surface area contributed by atoms with Crippen LogP contribution in [0.2, 0.25) is 0 Å². The van der Waals surface area contributed by atoms with Gasteiger partial charge in [0.25, 0.3) is 0 Å². The Morgan fingerprint density at radius 2 is 1.74 bits per heavy atom. The van der Waals surface area contributed by atoms with Crippen molar-refractivity contribution < 1.29 is 9.59 Å². The lowest BCUT2D eigenvalue weighted by molar-refractivity contribution is -0.133. The number of anilines is 1. The summed E-state index contributed by atoms with van der Waals surface area (Å²) in [5.41, 5.74) is 4.56. The summed E-state index contributed by atoms with van der Waals surface area (Å²) < 4.78 is 0. The molecule has 0 saturated carbocycles. The normalized spacial score (nSPS) is 20.8. The van der Waals surface area contributed by atoms with Crippen molar-refractivity contribution in [2.45, 2.75) is 57.4 Å². The fourth-order valence-corrected chi connectivity index (χ4v) is 6.13. The summed E-state index contributed by atoms with van der Waals surface area (Å²) in [5, 5.41) is 3.66. The number of hydrogen-bond acceptors (Lipinski definition) is 6. The van der Waals surface area contributed by atoms with Crippen molar-refractivity contribution >= 4 is 23.7 Å². The number of piperazine rings is 1. The Balaban J connectivity index is 1.25. The molecule has 2 saturated heterocycles. The van der Waals surface area contributed by atoms with E-state index in [4.69, 9.17) is 0 Å². The summed E-state index contributed by atoms with van der Waals surface area (Å²) in [5.74, 6) is 1.60. The van der Waals surface area contributed by atoms with Crippen LogP contribution in [0.15, 0.2) is 37.2 Å². The third-order valence-electron chi connectivity index (χ3n) is 8.57. The SMILES string of the molecule is C=Cc1ccc([C@@H](CNC2CCN(C(C)=O)CC2)C(=O)N2CCN(c3ncnc4c3[C@H](C)CC4)CC2)cc1. The average molecular weight is 517 g/mol. The molecule has 1 N–H and O–H groups in total. The molecule has 2 atom stereocenters. The number of nitrogens with one attached hydrogen (secondary N) is 1. The number of piperidine rings is 1. The van der Waals surface area contributed by atoms with Gasteiger partial charge < -0.3 is 20.0 Å². The fourth-order valence-electron chi connectivity index (χ4n) is 6.13. The van der Waals surface area contributed by atoms with Crippen molar-refractivity contribution in [1.82, 2.24) is 25.1 Å². The van der Waals surface area contributed by atoms with E-state index in [1.807, 2.05) is 28.0 Å². The van der Waals surface area contributed by atoms with E-state index < -0.39 is 0 Å². The lowest BCUT2D eigenvalue weighted by Crippen LogP contribution is -2.52. The number of carbonyl (C=O) groups is 2. The van der Waals surface area contributed by atoms with Crippen LogP contribution in [0.5, 0.6) is 0 Å². The quantitative estimate of drug-likeness (QED) is 0.609. The van der Waals surface area contributed by atoms with Gasteiger partial charge in [0.2, 0.25) is 11.8 Å². The Morgan fingerprint density at radius 1 is 1.03 bits per heavy atom. The number of likely N-dealkylation sites (tertiary alicyclic amines) is 1. The van der Waals surface area contributed by atoms with Gasteiger partial charge >= 0.3 is 0 Å². The predicted octanol–water partition coefficient (Wildman–Crippen LogP) is 3.20. The van der Waals surface area contributed by atoms with E-state index in [9.17, 15) is 9.59 Å². The Kier molecular flexibility index (Phi) is 8.07. The van der Waals surface area contributed by atoms with Crippen molar-refractivity contribution in [2.75, 3.05) is 50.7 Å². The van der Waals surface area contributed by atoms with Crippen molar-refractivity contribution in [3.8, 4) is 0 Å². The van der Waals surface area contributed by atoms with Crippen LogP contribution in [-0.4, -0.2) is 83.4 Å². The smallest absolute Gasteiger partial charge is 0.231 e. The highest BCUT2D eigenvalue weighted by atomic mass is 16.2. The molecule has 0 spiro atoms. The molecule has 8 nitrogen and oxygen atoms in total. The molecule has 1 aliphatic carbocycles. The number of carbonyl (C=O) groups excluding carboxylic acids is 2. The maximum absolute atomic E-state index is 13.9. The lowest BCUT2D eigenvalue weighted by Gasteiger charge is -2.38. The second kappa shape index (κ2) is 11.6. The fraction of sp³-hybridized carbons (Fsp3) is 0.533. The van der Waals surface area contributed by atoms with Gasteiger partial charge in [0.05, 0.1) is 5.92 Å². The topological polar surface area (TPSA) is 81.7 Å². The van der Waals surface area contributed by atoms with E-state index >= 15 is 0 Å². The monoisotopic (exact) mass is 516 g/mol. The number of aromatic nitrogens is 2. The molecule has 2 amide bonds. The summed E-state index contributed by atoms with van der Waals surface area (Å²) in [7, 11) is 0. The summed E-state index contributed by atoms with van der Waals surface area (Å²) in [4.78, 5) is 41.0. The minimum atomic E-state index is -0.255. The molecule has 1 aromatic heterocycles. The van der Waals surface area contributed by atoms with Gasteiger partial charge in [-0.15, -0.1) is 0 Å². The van der Waals surface area contributed by atoms with Gasteiger partial charge in [-0.05, 0) is 42.7 Å². The van der Waals surface area contributed by atoms with E-state index in [-0.39, 0.29) is 17.7 Å². The number of benzene rings is 1. The highest BCUT2D eigenvalue weighted by Crippen LogP contribution is 2.37. The van der Waals surface area contributed by atoms with Crippen molar-refractivity contribution in [2.24, 2.45) is 0 Å². The molecule has 3 heterocycles. The maximum Gasteiger partial charge on any atom is 0.231 e. The van der Waals surface area contributed by atoms with Crippen molar-refractivity contribution in [3.05, 3.63) is 59.6 Å². The molecule has 1 aromatic carbocycles. The molecule has 5 rings (SSSR count). The standard InChI is InChI=1S/C30H40N6O2/c1-4-23-6-8-24(9-7-23)26(19-31-25-11-13-34(14-12-25)22(3)37)30(38)36-17-15-35(16-18-36)29-28-21(2)5-10-27(28)32-20-33-29/h4,6-9,20-21,25-26,31H,1,5,10-19H2,2-3H3/t21-,26-/m1/s1. The Labute approximate surface area is 226 Å². The first-order valence-corrected chi connectivity index (χ1v) is 14.0. The van der Waals surface area contributed by atoms with E-state index in [2.05, 4.69) is 45.8 Å². The highest BCUT2D eigenvalue weighted by Gasteiger charge is 2.32. The van der Waals surface area contributed by atoms with Gasteiger partial charge in [-0.2, -0.15) is 0 Å². The summed E-state index contributed by atoms with van der Waals surface area (Å²) >= 11 is 0. The number of nitrogens with zero attached hydrogens (tertiary/aromatic N) is 5. The minimum absolute atomic E-state index is 0.138. The van der Waals surface area contributed by atoms with Gasteiger partial charge in [0, 0.05) is 70.0 Å². The first kappa shape index (κ1) is 26.4. The number of fused-ring (bicyclic) bond motifs is 1. The molecule has 0 bridgehead atoms. The zero-order chi connectivity index (χ0) is 26.6. The predicted molar refractivity (Wildman–Crippen MR) is 150 cm³/mol. The Bertz CT molecular complexity index is 1150. The first-order chi connectivity index (χ1) is 18.4. The third kappa shape index (κ3) is 5.60. The maximum atomic E-state index is 13.9. The highest BCUT2D eigenvalue weighted by molar-refractivity contribution is 5.84. The van der Waals surface area contributed by atoms with Crippen LogP contribution in [0.25, 0.3) is 6.08 Å². The molecule has 3 aliphatic rings. The Hall–Kier alpha value is -3.26. The number of amides is 2. The molecule has 2 fully saturated rings. The van der Waals surface area contributed by atoms with Gasteiger partial charge in [-0.25, -0.2) is 9.97 Å². The number of hydrogen-bond donors (Lipinski definition) is 1. The van der Waals surface area contributed by atoms with E-state index in [0.717, 1.165) is 68.8 Å². The second-order valence-corrected chi connectivity index (χ2v) is 10.9. The minimum Gasteiger partial charge on any atom is -0.353 e. The molecule has 8 heteroatoms. The largest absolute Gasteiger partial charge is 0.353 e. The molecular formula is C30H40N6O2. The lowest BCUT2D eigenvalue weighted by atomic mass is 9.94. The van der Waals surface area contributed by atoms with Gasteiger partial charge in [0.15, 0.2) is 0 Å². The summed E-state index contributed by atoms with van der Waals surface area (Å²) in [6, 6.07) is 8.49. The van der Waals surface area contributed by atoms with Crippen LogP contribution < -0.4 is 10.2 Å². The van der Waals surface area contributed by atoms with E-state index in [1.165, 1.54) is 11.3 Å². The Morgan fingerprint density at radius 3 is 2.39 bits per heavy atom. The van der Waals surface area contributed by atoms with E-state index in [1.54, 1.807) is 13.3 Å². The van der Waals surface area contributed by atoms with Crippen molar-refractivity contribution in [3.63, 3.8) is 0 Å². The molecule has 0 unspecified atom stereocenters. The molecule has 202 valence electrons. The van der Waals surface area contributed by atoms with Crippen LogP contribution in [0.3, 0.4) is 0 Å². The van der Waals surface area contributed by atoms with Crippen LogP contribution in [0.4, 0.5) is 5.82 Å². The average Bonchev–Trinajstić information content (AvgIpc) is 3.34. The number of rotatable bonds is 7. The van der Waals surface area contributed by atoms with Crippen LogP contribution in [-0.2, 0) is 16.0 Å². The molecule has 2 aliphatic heterocycles. The van der Waals surface area contributed by atoms with Gasteiger partial charge in [-0.3, -0.25) is 9.59 Å². The molecule has 38 heavy (non-hydrogen) atoms. The van der Waals surface area contributed by atoms with Crippen LogP contribution in [0.1, 0.15) is 67.3 Å². The second-order valence-electron chi connectivity index (χ2n) is 10.9. The first-order valence-electron chi connectivity index (χ1n) is 14.0. The zero-order valence-corrected chi connectivity index (χ0v) is 22.7. The third-order valence-corrected chi connectivity index (χ3v) is 8.57. The molecular weight excluding hydrogens is 476 g/mol. The van der Waals surface area contributed by atoms with Gasteiger partial charge in [-0.1, -0.05) is 43.8 Å². The van der Waals surface area contributed by atoms with Crippen LogP contribution in [0, 0.1) is 0 Å². The molecule has 2 aromatic rings. The molecule has 0 radical (unpaired) electrons. The zero-order valence-electron chi connectivity index (χ0n) is 22.7. The number of aryl methyl sites for hydroxylation is 1. The van der Waals surface area contributed by atoms with Gasteiger partial charge in [0.1, 0.15) is 12.1 Å². The van der Waals surface area contributed by atoms with Crippen molar-refractivity contribution in [1.29, 1.82) is 0 Å².